The zero-order valence-corrected chi connectivity index (χ0v) is 24.5. The van der Waals surface area contributed by atoms with Crippen LogP contribution >= 0.6 is 17.0 Å². The average Bonchev–Trinajstić information content (AvgIpc) is 3.17. The summed E-state index contributed by atoms with van der Waals surface area (Å²) < 4.78 is 0. The Morgan fingerprint density at radius 3 is 1.48 bits per heavy atom. The SMILES string of the molecule is C[C-]1C2CCCCC2C2C1C(C)(C)C1[C-](C)C3CCCCC3C1[Si]2(C)C.[Cl][Zr+2][Cl]. The van der Waals surface area contributed by atoms with Crippen LogP contribution in [0.1, 0.15) is 79.1 Å². The predicted octanol–water partition coefficient (Wildman–Crippen LogP) is 8.91. The van der Waals surface area contributed by atoms with Crippen LogP contribution in [-0.4, -0.2) is 8.07 Å². The van der Waals surface area contributed by atoms with Crippen LogP contribution < -0.4 is 0 Å². The standard InChI is InChI=1S/C25H42Si.2ClH.Zr/c1-15-17-11-7-9-13-19(17)23-21(15)25(3,4)22-16(2)18-12-8-10-14-20(18)24(22)26(23,5)6;;;/h17-24H,7-14H2,1-6H3;2*1H;/q-2;;;+4/p-2. The van der Waals surface area contributed by atoms with Crippen LogP contribution in [0.2, 0.25) is 24.2 Å². The molecule has 0 N–H and O–H groups in total. The Balaban J connectivity index is 0.000000645. The molecule has 29 heavy (non-hydrogen) atoms. The topological polar surface area (TPSA) is 0 Å². The van der Waals surface area contributed by atoms with E-state index in [4.69, 9.17) is 17.0 Å². The molecule has 5 rings (SSSR count). The van der Waals surface area contributed by atoms with Gasteiger partial charge < -0.3 is 11.8 Å². The fraction of sp³-hybridized carbons (Fsp3) is 0.920. The molecular weight excluding hydrogens is 490 g/mol. The molecule has 1 heterocycles. The molecular formula is C25H42Cl2SiZr. The molecule has 0 aromatic rings. The monoisotopic (exact) mass is 530 g/mol. The fourth-order valence-corrected chi connectivity index (χ4v) is 16.9. The van der Waals surface area contributed by atoms with Gasteiger partial charge in [0, 0.05) is 8.07 Å². The molecule has 0 spiro atoms. The number of rotatable bonds is 0. The van der Waals surface area contributed by atoms with Crippen LogP contribution in [0, 0.1) is 52.8 Å². The van der Waals surface area contributed by atoms with Crippen molar-refractivity contribution in [2.45, 2.75) is 103 Å². The Hall–Kier alpha value is 1.68. The van der Waals surface area contributed by atoms with Crippen molar-refractivity contribution in [3.63, 3.8) is 0 Å². The van der Waals surface area contributed by atoms with Crippen LogP contribution in [0.15, 0.2) is 0 Å². The van der Waals surface area contributed by atoms with Gasteiger partial charge in [0.15, 0.2) is 0 Å². The first-order valence-corrected chi connectivity index (χ1v) is 21.8. The van der Waals surface area contributed by atoms with E-state index < -0.39 is 28.9 Å². The molecule has 0 amide bonds. The van der Waals surface area contributed by atoms with E-state index >= 15 is 0 Å². The Bertz CT molecular complexity index is 547. The summed E-state index contributed by atoms with van der Waals surface area (Å²) in [5, 5.41) is 0. The van der Waals surface area contributed by atoms with E-state index in [1.807, 2.05) is 11.8 Å². The summed E-state index contributed by atoms with van der Waals surface area (Å²) in [4.78, 5) is 0. The fourth-order valence-electron chi connectivity index (χ4n) is 10.3. The van der Waals surface area contributed by atoms with Crippen molar-refractivity contribution in [2.24, 2.45) is 40.9 Å². The summed E-state index contributed by atoms with van der Waals surface area (Å²) in [6.45, 7) is 16.4. The molecule has 8 atom stereocenters. The second kappa shape index (κ2) is 8.80. The summed E-state index contributed by atoms with van der Waals surface area (Å²) >= 11 is -0.826. The van der Waals surface area contributed by atoms with E-state index in [-0.39, 0.29) is 0 Å². The van der Waals surface area contributed by atoms with E-state index in [1.54, 1.807) is 12.8 Å². The minimum atomic E-state index is -1.28. The maximum atomic E-state index is 4.93. The number of hydrogen-bond donors (Lipinski definition) is 0. The van der Waals surface area contributed by atoms with Gasteiger partial charge in [0.2, 0.25) is 0 Å². The Morgan fingerprint density at radius 1 is 0.759 bits per heavy atom. The van der Waals surface area contributed by atoms with Crippen LogP contribution in [-0.2, 0) is 20.8 Å². The third-order valence-corrected chi connectivity index (χ3v) is 15.7. The summed E-state index contributed by atoms with van der Waals surface area (Å²) in [6, 6.07) is 0. The van der Waals surface area contributed by atoms with Crippen molar-refractivity contribution in [2.75, 3.05) is 0 Å². The molecule has 0 aromatic carbocycles. The first-order valence-electron chi connectivity index (χ1n) is 12.3. The minimum absolute atomic E-state index is 0.515. The van der Waals surface area contributed by atoms with Gasteiger partial charge in [-0.1, -0.05) is 107 Å². The molecule has 1 saturated heterocycles. The van der Waals surface area contributed by atoms with E-state index in [0.717, 1.165) is 46.6 Å². The van der Waals surface area contributed by atoms with Gasteiger partial charge in [0.25, 0.3) is 0 Å². The average molecular weight is 533 g/mol. The second-order valence-electron chi connectivity index (χ2n) is 12.3. The van der Waals surface area contributed by atoms with Crippen LogP contribution in [0.3, 0.4) is 0 Å². The first kappa shape index (κ1) is 23.8. The summed E-state index contributed by atoms with van der Waals surface area (Å²) in [5.41, 5.74) is 2.70. The third-order valence-electron chi connectivity index (χ3n) is 10.8. The molecule has 0 nitrogen and oxygen atoms in total. The molecule has 8 unspecified atom stereocenters. The van der Waals surface area contributed by atoms with Crippen LogP contribution in [0.25, 0.3) is 0 Å². The molecule has 1 aliphatic heterocycles. The van der Waals surface area contributed by atoms with Crippen molar-refractivity contribution in [1.29, 1.82) is 0 Å². The van der Waals surface area contributed by atoms with Gasteiger partial charge in [0.1, 0.15) is 0 Å². The number of halogens is 2. The van der Waals surface area contributed by atoms with Crippen molar-refractivity contribution >= 4 is 25.1 Å². The van der Waals surface area contributed by atoms with E-state index in [1.165, 1.54) is 38.5 Å². The van der Waals surface area contributed by atoms with Gasteiger partial charge in [-0.25, -0.2) is 0 Å². The first-order chi connectivity index (χ1) is 13.7. The van der Waals surface area contributed by atoms with Crippen LogP contribution in [0.4, 0.5) is 0 Å². The molecule has 0 aromatic heterocycles. The predicted molar refractivity (Wildman–Crippen MR) is 126 cm³/mol. The van der Waals surface area contributed by atoms with Gasteiger partial charge in [0.05, 0.1) is 0 Å². The summed E-state index contributed by atoms with van der Waals surface area (Å²) in [6.07, 6.45) is 12.2. The van der Waals surface area contributed by atoms with Crippen molar-refractivity contribution < 1.29 is 20.8 Å². The second-order valence-corrected chi connectivity index (χ2v) is 21.0. The molecule has 164 valence electrons. The molecule has 4 heteroatoms. The molecule has 4 saturated carbocycles. The quantitative estimate of drug-likeness (QED) is 0.216. The van der Waals surface area contributed by atoms with E-state index in [2.05, 4.69) is 40.8 Å². The summed E-state index contributed by atoms with van der Waals surface area (Å²) in [5.74, 6) is 9.93. The van der Waals surface area contributed by atoms with Crippen LogP contribution in [0.5, 0.6) is 0 Å². The third kappa shape index (κ3) is 3.58. The molecule has 4 aliphatic carbocycles. The summed E-state index contributed by atoms with van der Waals surface area (Å²) in [7, 11) is 8.59. The van der Waals surface area contributed by atoms with Gasteiger partial charge in [-0.05, 0) is 0 Å². The normalized spacial score (nSPS) is 47.7. The van der Waals surface area contributed by atoms with Crippen molar-refractivity contribution in [3.8, 4) is 0 Å². The van der Waals surface area contributed by atoms with E-state index in [9.17, 15) is 0 Å². The molecule has 0 radical (unpaired) electrons. The van der Waals surface area contributed by atoms with Gasteiger partial charge >= 0.3 is 37.9 Å². The van der Waals surface area contributed by atoms with E-state index in [0.29, 0.717) is 5.41 Å². The molecule has 0 bridgehead atoms. The van der Waals surface area contributed by atoms with Crippen molar-refractivity contribution in [3.05, 3.63) is 11.8 Å². The van der Waals surface area contributed by atoms with Gasteiger partial charge in [-0.2, -0.15) is 37.5 Å². The van der Waals surface area contributed by atoms with Gasteiger partial charge in [-0.3, -0.25) is 0 Å². The Morgan fingerprint density at radius 2 is 1.10 bits per heavy atom. The number of hydrogen-bond acceptors (Lipinski definition) is 0. The van der Waals surface area contributed by atoms with Gasteiger partial charge in [-0.15, -0.1) is 0 Å². The Kier molecular flexibility index (Phi) is 7.23. The maximum absolute atomic E-state index is 4.93. The van der Waals surface area contributed by atoms with Crippen molar-refractivity contribution in [1.82, 2.24) is 0 Å². The zero-order valence-electron chi connectivity index (χ0n) is 19.5. The molecule has 5 fully saturated rings. The molecule has 5 aliphatic rings. The number of fused-ring (bicyclic) bond motifs is 6. The Labute approximate surface area is 200 Å². The zero-order chi connectivity index (χ0) is 21.1.